The van der Waals surface area contributed by atoms with E-state index in [9.17, 15) is 0 Å². The molecule has 0 bridgehead atoms. The molecule has 4 heteroatoms. The third-order valence-electron chi connectivity index (χ3n) is 2.56. The number of hydrogen-bond donors (Lipinski definition) is 0. The molecule has 1 aromatic heterocycles. The van der Waals surface area contributed by atoms with Gasteiger partial charge in [-0.2, -0.15) is 0 Å². The van der Waals surface area contributed by atoms with Gasteiger partial charge in [0.1, 0.15) is 5.75 Å². The number of aromatic nitrogens is 1. The Kier molecular flexibility index (Phi) is 3.52. The number of rotatable bonds is 3. The van der Waals surface area contributed by atoms with Gasteiger partial charge < -0.3 is 9.47 Å². The summed E-state index contributed by atoms with van der Waals surface area (Å²) in [4.78, 5) is 4.48. The Labute approximate surface area is 109 Å². The van der Waals surface area contributed by atoms with Crippen LogP contribution in [0.2, 0.25) is 0 Å². The van der Waals surface area contributed by atoms with Crippen molar-refractivity contribution in [1.82, 2.24) is 4.98 Å². The van der Waals surface area contributed by atoms with Crippen LogP contribution in [-0.4, -0.2) is 18.7 Å². The molecule has 90 valence electrons. The lowest BCUT2D eigenvalue weighted by Crippen LogP contribution is -1.97. The molecule has 3 nitrogen and oxygen atoms in total. The third kappa shape index (κ3) is 2.22. The fourth-order valence-corrected chi connectivity index (χ4v) is 2.13. The van der Waals surface area contributed by atoms with Crippen LogP contribution in [0.1, 0.15) is 12.5 Å². The minimum absolute atomic E-state index is 0.586. The van der Waals surface area contributed by atoms with Gasteiger partial charge in [0.2, 0.25) is 5.88 Å². The second-order valence-corrected chi connectivity index (χ2v) is 4.48. The van der Waals surface area contributed by atoms with Crippen molar-refractivity contribution in [3.05, 3.63) is 28.2 Å². The van der Waals surface area contributed by atoms with E-state index in [1.165, 1.54) is 0 Å². The first kappa shape index (κ1) is 12.2. The summed E-state index contributed by atoms with van der Waals surface area (Å²) < 4.78 is 11.8. The van der Waals surface area contributed by atoms with E-state index in [0.29, 0.717) is 12.5 Å². The largest absolute Gasteiger partial charge is 0.496 e. The highest BCUT2D eigenvalue weighted by Crippen LogP contribution is 2.34. The van der Waals surface area contributed by atoms with E-state index in [0.717, 1.165) is 26.7 Å². The Morgan fingerprint density at radius 2 is 2.12 bits per heavy atom. The van der Waals surface area contributed by atoms with E-state index in [4.69, 9.17) is 9.47 Å². The lowest BCUT2D eigenvalue weighted by Gasteiger charge is -2.10. The first-order valence-corrected chi connectivity index (χ1v) is 6.23. The van der Waals surface area contributed by atoms with Crippen LogP contribution in [0.5, 0.6) is 11.6 Å². The molecule has 2 rings (SSSR count). The highest BCUT2D eigenvalue weighted by Gasteiger charge is 2.10. The minimum atomic E-state index is 0.586. The average molecular weight is 296 g/mol. The molecular formula is C13H14BrNO2. The number of hydrogen-bond acceptors (Lipinski definition) is 3. The zero-order chi connectivity index (χ0) is 12.4. The van der Waals surface area contributed by atoms with Gasteiger partial charge in [-0.25, -0.2) is 4.98 Å². The number of aryl methyl sites for hydroxylation is 1. The van der Waals surface area contributed by atoms with Crippen molar-refractivity contribution in [1.29, 1.82) is 0 Å². The van der Waals surface area contributed by atoms with Crippen LogP contribution in [0.15, 0.2) is 22.7 Å². The summed E-state index contributed by atoms with van der Waals surface area (Å²) in [7, 11) is 1.65. The predicted molar refractivity (Wildman–Crippen MR) is 71.9 cm³/mol. The van der Waals surface area contributed by atoms with Crippen LogP contribution in [0.3, 0.4) is 0 Å². The SMILES string of the molecule is CCOc1cc(OC)c2ccc(C)c(Br)c2n1. The maximum absolute atomic E-state index is 5.44. The maximum Gasteiger partial charge on any atom is 0.217 e. The summed E-state index contributed by atoms with van der Waals surface area (Å²) in [5, 5.41) is 0.980. The summed E-state index contributed by atoms with van der Waals surface area (Å²) in [6.07, 6.45) is 0. The molecular weight excluding hydrogens is 282 g/mol. The van der Waals surface area contributed by atoms with Crippen LogP contribution in [0, 0.1) is 6.92 Å². The Morgan fingerprint density at radius 3 is 2.76 bits per heavy atom. The fourth-order valence-electron chi connectivity index (χ4n) is 1.70. The monoisotopic (exact) mass is 295 g/mol. The third-order valence-corrected chi connectivity index (χ3v) is 3.56. The van der Waals surface area contributed by atoms with E-state index in [1.807, 2.05) is 32.0 Å². The predicted octanol–water partition coefficient (Wildman–Crippen LogP) is 3.71. The second kappa shape index (κ2) is 4.92. The van der Waals surface area contributed by atoms with E-state index < -0.39 is 0 Å². The molecule has 0 fully saturated rings. The Balaban J connectivity index is 2.73. The summed E-state index contributed by atoms with van der Waals surface area (Å²) >= 11 is 3.56. The zero-order valence-electron chi connectivity index (χ0n) is 10.1. The van der Waals surface area contributed by atoms with Gasteiger partial charge in [-0.1, -0.05) is 6.07 Å². The Morgan fingerprint density at radius 1 is 1.35 bits per heavy atom. The molecule has 0 atom stereocenters. The van der Waals surface area contributed by atoms with Crippen molar-refractivity contribution < 1.29 is 9.47 Å². The molecule has 0 radical (unpaired) electrons. The normalized spacial score (nSPS) is 10.6. The molecule has 0 unspecified atom stereocenters. The van der Waals surface area contributed by atoms with Crippen molar-refractivity contribution in [2.24, 2.45) is 0 Å². The van der Waals surface area contributed by atoms with Gasteiger partial charge in [0, 0.05) is 15.9 Å². The molecule has 0 amide bonds. The van der Waals surface area contributed by atoms with Gasteiger partial charge >= 0.3 is 0 Å². The van der Waals surface area contributed by atoms with Crippen LogP contribution >= 0.6 is 15.9 Å². The molecule has 1 aromatic carbocycles. The molecule has 0 aliphatic carbocycles. The van der Waals surface area contributed by atoms with E-state index in [1.54, 1.807) is 7.11 Å². The molecule has 0 aliphatic rings. The number of fused-ring (bicyclic) bond motifs is 1. The summed E-state index contributed by atoms with van der Waals surface area (Å²) in [6.45, 7) is 4.56. The van der Waals surface area contributed by atoms with Crippen LogP contribution in [0.4, 0.5) is 0 Å². The number of pyridine rings is 1. The molecule has 0 saturated carbocycles. The number of ether oxygens (including phenoxy) is 2. The number of methoxy groups -OCH3 is 1. The van der Waals surface area contributed by atoms with Gasteiger partial charge in [-0.3, -0.25) is 0 Å². The molecule has 0 N–H and O–H groups in total. The fraction of sp³-hybridized carbons (Fsp3) is 0.308. The van der Waals surface area contributed by atoms with Crippen molar-refractivity contribution in [3.63, 3.8) is 0 Å². The molecule has 17 heavy (non-hydrogen) atoms. The quantitative estimate of drug-likeness (QED) is 0.865. The second-order valence-electron chi connectivity index (χ2n) is 3.69. The van der Waals surface area contributed by atoms with Crippen LogP contribution < -0.4 is 9.47 Å². The standard InChI is InChI=1S/C13H14BrNO2/c1-4-17-11-7-10(16-3)9-6-5-8(2)12(14)13(9)15-11/h5-7H,4H2,1-3H3. The smallest absolute Gasteiger partial charge is 0.217 e. The topological polar surface area (TPSA) is 31.4 Å². The molecule has 0 spiro atoms. The van der Waals surface area contributed by atoms with Gasteiger partial charge in [-0.05, 0) is 41.4 Å². The minimum Gasteiger partial charge on any atom is -0.496 e. The zero-order valence-corrected chi connectivity index (χ0v) is 11.7. The lowest BCUT2D eigenvalue weighted by molar-refractivity contribution is 0.324. The van der Waals surface area contributed by atoms with Crippen LogP contribution in [-0.2, 0) is 0 Å². The van der Waals surface area contributed by atoms with Crippen molar-refractivity contribution >= 4 is 26.8 Å². The highest BCUT2D eigenvalue weighted by atomic mass is 79.9. The number of benzene rings is 1. The van der Waals surface area contributed by atoms with Gasteiger partial charge in [-0.15, -0.1) is 0 Å². The first-order valence-electron chi connectivity index (χ1n) is 5.44. The van der Waals surface area contributed by atoms with E-state index in [-0.39, 0.29) is 0 Å². The number of nitrogens with zero attached hydrogens (tertiary/aromatic N) is 1. The van der Waals surface area contributed by atoms with Gasteiger partial charge in [0.05, 0.1) is 19.2 Å². The first-order chi connectivity index (χ1) is 8.17. The van der Waals surface area contributed by atoms with Crippen molar-refractivity contribution in [3.8, 4) is 11.6 Å². The van der Waals surface area contributed by atoms with Gasteiger partial charge in [0.25, 0.3) is 0 Å². The van der Waals surface area contributed by atoms with Crippen LogP contribution in [0.25, 0.3) is 10.9 Å². The summed E-state index contributed by atoms with van der Waals surface area (Å²) in [5.74, 6) is 1.36. The van der Waals surface area contributed by atoms with Crippen molar-refractivity contribution in [2.45, 2.75) is 13.8 Å². The number of halogens is 1. The molecule has 0 aliphatic heterocycles. The van der Waals surface area contributed by atoms with E-state index >= 15 is 0 Å². The molecule has 0 saturated heterocycles. The Hall–Kier alpha value is -1.29. The Bertz CT molecular complexity index is 555. The average Bonchev–Trinajstić information content (AvgIpc) is 2.34. The van der Waals surface area contributed by atoms with E-state index in [2.05, 4.69) is 20.9 Å². The summed E-state index contributed by atoms with van der Waals surface area (Å²) in [5.41, 5.74) is 2.01. The lowest BCUT2D eigenvalue weighted by atomic mass is 10.1. The highest BCUT2D eigenvalue weighted by molar-refractivity contribution is 9.10. The summed E-state index contributed by atoms with van der Waals surface area (Å²) in [6, 6.07) is 5.86. The molecule has 1 heterocycles. The van der Waals surface area contributed by atoms with Crippen molar-refractivity contribution in [2.75, 3.05) is 13.7 Å². The maximum atomic E-state index is 5.44. The molecule has 2 aromatic rings. The van der Waals surface area contributed by atoms with Gasteiger partial charge in [0.15, 0.2) is 0 Å².